The third kappa shape index (κ3) is 4.64. The van der Waals surface area contributed by atoms with Crippen LogP contribution in [0.1, 0.15) is 25.5 Å². The Balaban J connectivity index is 1.53. The molecule has 1 aliphatic heterocycles. The molecule has 25 heavy (non-hydrogen) atoms. The molecule has 2 aromatic rings. The van der Waals surface area contributed by atoms with Gasteiger partial charge >= 0.3 is 0 Å². The van der Waals surface area contributed by atoms with Gasteiger partial charge in [0.15, 0.2) is 0 Å². The monoisotopic (exact) mass is 343 g/mol. The van der Waals surface area contributed by atoms with Crippen molar-refractivity contribution in [1.29, 1.82) is 0 Å². The molecule has 1 aromatic carbocycles. The average Bonchev–Trinajstić information content (AvgIpc) is 3.16. The third-order valence-corrected chi connectivity index (χ3v) is 4.64. The molecule has 1 aliphatic rings. The number of carbonyl (C=O) groups excluding carboxylic acids is 1. The van der Waals surface area contributed by atoms with Gasteiger partial charge in [-0.1, -0.05) is 30.3 Å². The summed E-state index contributed by atoms with van der Waals surface area (Å²) in [7, 11) is 0. The van der Waals surface area contributed by atoms with Crippen LogP contribution < -0.4 is 5.32 Å². The molecular formula is C18H25N5O2. The summed E-state index contributed by atoms with van der Waals surface area (Å²) in [6.45, 7) is 6.81. The summed E-state index contributed by atoms with van der Waals surface area (Å²) in [5, 5.41) is 7.17. The Morgan fingerprint density at radius 2 is 2.16 bits per heavy atom. The van der Waals surface area contributed by atoms with E-state index in [2.05, 4.69) is 32.4 Å². The minimum absolute atomic E-state index is 0.0236. The molecule has 1 amide bonds. The van der Waals surface area contributed by atoms with Gasteiger partial charge < -0.3 is 10.1 Å². The first-order valence-electron chi connectivity index (χ1n) is 8.66. The van der Waals surface area contributed by atoms with E-state index < -0.39 is 6.10 Å². The number of nitrogens with one attached hydrogen (secondary N) is 1. The van der Waals surface area contributed by atoms with Crippen LogP contribution in [0.4, 0.5) is 0 Å². The Labute approximate surface area is 148 Å². The highest BCUT2D eigenvalue weighted by atomic mass is 16.5. The van der Waals surface area contributed by atoms with Crippen LogP contribution in [0.3, 0.4) is 0 Å². The Kier molecular flexibility index (Phi) is 5.78. The van der Waals surface area contributed by atoms with Gasteiger partial charge in [-0.3, -0.25) is 9.69 Å². The van der Waals surface area contributed by atoms with Crippen LogP contribution in [0, 0.1) is 0 Å². The van der Waals surface area contributed by atoms with Gasteiger partial charge in [0, 0.05) is 25.7 Å². The van der Waals surface area contributed by atoms with Gasteiger partial charge in [0.05, 0.1) is 12.6 Å². The minimum Gasteiger partial charge on any atom is -0.366 e. The topological polar surface area (TPSA) is 72.3 Å². The number of hydrogen-bond acceptors (Lipinski definition) is 5. The lowest BCUT2D eigenvalue weighted by Gasteiger charge is -2.33. The molecule has 0 saturated carbocycles. The van der Waals surface area contributed by atoms with Crippen molar-refractivity contribution in [2.45, 2.75) is 38.6 Å². The van der Waals surface area contributed by atoms with Gasteiger partial charge in [-0.15, -0.1) is 0 Å². The van der Waals surface area contributed by atoms with Crippen LogP contribution in [0.25, 0.3) is 0 Å². The second-order valence-corrected chi connectivity index (χ2v) is 6.49. The quantitative estimate of drug-likeness (QED) is 0.854. The fourth-order valence-corrected chi connectivity index (χ4v) is 2.94. The summed E-state index contributed by atoms with van der Waals surface area (Å²) in [5.74, 6) is -0.0720. The van der Waals surface area contributed by atoms with Crippen molar-refractivity contribution < 1.29 is 9.53 Å². The lowest BCUT2D eigenvalue weighted by molar-refractivity contribution is -0.139. The number of ether oxygens (including phenoxy) is 1. The lowest BCUT2D eigenvalue weighted by atomic mass is 10.1. The number of carbonyl (C=O) groups is 1. The molecule has 3 rings (SSSR count). The van der Waals surface area contributed by atoms with Crippen molar-refractivity contribution in [3.63, 3.8) is 0 Å². The predicted octanol–water partition coefficient (Wildman–Crippen LogP) is 1.24. The molecule has 7 heteroatoms. The third-order valence-electron chi connectivity index (χ3n) is 4.64. The molecule has 2 heterocycles. The van der Waals surface area contributed by atoms with Gasteiger partial charge in [-0.05, 0) is 19.4 Å². The molecule has 0 bridgehead atoms. The second-order valence-electron chi connectivity index (χ2n) is 6.49. The molecule has 1 fully saturated rings. The Hall–Kier alpha value is -2.25. The highest BCUT2D eigenvalue weighted by Crippen LogP contribution is 2.13. The highest BCUT2D eigenvalue weighted by molar-refractivity contribution is 5.81. The number of rotatable bonds is 6. The zero-order valence-electron chi connectivity index (χ0n) is 14.7. The van der Waals surface area contributed by atoms with Crippen molar-refractivity contribution in [1.82, 2.24) is 25.0 Å². The number of nitrogens with zero attached hydrogens (tertiary/aromatic N) is 4. The fourth-order valence-electron chi connectivity index (χ4n) is 2.94. The molecule has 1 N–H and O–H groups in total. The van der Waals surface area contributed by atoms with Crippen molar-refractivity contribution >= 4 is 5.91 Å². The summed E-state index contributed by atoms with van der Waals surface area (Å²) in [6.07, 6.45) is 2.71. The summed E-state index contributed by atoms with van der Waals surface area (Å²) in [5.41, 5.74) is 1.25. The zero-order valence-corrected chi connectivity index (χ0v) is 14.7. The first kappa shape index (κ1) is 17.6. The van der Waals surface area contributed by atoms with Crippen LogP contribution in [-0.4, -0.2) is 57.4 Å². The van der Waals surface area contributed by atoms with E-state index in [4.69, 9.17) is 4.74 Å². The largest absolute Gasteiger partial charge is 0.366 e. The maximum atomic E-state index is 12.6. The van der Waals surface area contributed by atoms with Gasteiger partial charge in [0.2, 0.25) is 0 Å². The highest BCUT2D eigenvalue weighted by Gasteiger charge is 2.28. The maximum Gasteiger partial charge on any atom is 0.250 e. The molecular weight excluding hydrogens is 318 g/mol. The van der Waals surface area contributed by atoms with E-state index in [9.17, 15) is 4.79 Å². The molecule has 0 unspecified atom stereocenters. The summed E-state index contributed by atoms with van der Waals surface area (Å²) >= 11 is 0. The Morgan fingerprint density at radius 1 is 1.36 bits per heavy atom. The van der Waals surface area contributed by atoms with E-state index in [0.29, 0.717) is 13.2 Å². The summed E-state index contributed by atoms with van der Waals surface area (Å²) < 4.78 is 7.43. The minimum atomic E-state index is -0.442. The first-order valence-corrected chi connectivity index (χ1v) is 8.66. The first-order chi connectivity index (χ1) is 12.1. The van der Waals surface area contributed by atoms with E-state index in [1.807, 2.05) is 32.0 Å². The van der Waals surface area contributed by atoms with Gasteiger partial charge in [0.25, 0.3) is 5.91 Å². The normalized spacial score (nSPS) is 20.8. The lowest BCUT2D eigenvalue weighted by Crippen LogP contribution is -2.52. The smallest absolute Gasteiger partial charge is 0.250 e. The fraction of sp³-hybridized carbons (Fsp3) is 0.500. The SMILES string of the molecule is C[C@H](NC(=O)[C@H]1CN(Cc2ccccc2)CCO1)[C@@H](C)n1cncn1. The Bertz CT molecular complexity index is 661. The van der Waals surface area contributed by atoms with Crippen LogP contribution in [-0.2, 0) is 16.1 Å². The average molecular weight is 343 g/mol. The van der Waals surface area contributed by atoms with E-state index in [1.165, 1.54) is 11.9 Å². The molecule has 0 radical (unpaired) electrons. The summed E-state index contributed by atoms with van der Waals surface area (Å²) in [4.78, 5) is 18.8. The van der Waals surface area contributed by atoms with E-state index in [0.717, 1.165) is 13.1 Å². The van der Waals surface area contributed by atoms with E-state index >= 15 is 0 Å². The van der Waals surface area contributed by atoms with Gasteiger partial charge in [-0.2, -0.15) is 5.10 Å². The predicted molar refractivity (Wildman–Crippen MR) is 93.8 cm³/mol. The van der Waals surface area contributed by atoms with Crippen molar-refractivity contribution in [2.75, 3.05) is 19.7 Å². The maximum absolute atomic E-state index is 12.6. The molecule has 134 valence electrons. The second kappa shape index (κ2) is 8.22. The molecule has 1 aromatic heterocycles. The number of aromatic nitrogens is 3. The van der Waals surface area contributed by atoms with Crippen LogP contribution in [0.2, 0.25) is 0 Å². The molecule has 0 spiro atoms. The van der Waals surface area contributed by atoms with E-state index in [-0.39, 0.29) is 18.0 Å². The standard InChI is InChI=1S/C18H25N5O2/c1-14(15(2)23-13-19-12-20-23)21-18(24)17-11-22(8-9-25-17)10-16-6-4-3-5-7-16/h3-7,12-15,17H,8-11H2,1-2H3,(H,21,24)/t14-,15+,17+/m0/s1. The van der Waals surface area contributed by atoms with Gasteiger partial charge in [0.1, 0.15) is 18.8 Å². The van der Waals surface area contributed by atoms with Crippen molar-refractivity contribution in [2.24, 2.45) is 0 Å². The zero-order chi connectivity index (χ0) is 17.6. The van der Waals surface area contributed by atoms with Gasteiger partial charge in [-0.25, -0.2) is 9.67 Å². The molecule has 1 saturated heterocycles. The van der Waals surface area contributed by atoms with E-state index in [1.54, 1.807) is 11.0 Å². The molecule has 0 aliphatic carbocycles. The van der Waals surface area contributed by atoms with Crippen LogP contribution in [0.15, 0.2) is 43.0 Å². The summed E-state index contributed by atoms with van der Waals surface area (Å²) in [6, 6.07) is 10.2. The van der Waals surface area contributed by atoms with Crippen LogP contribution >= 0.6 is 0 Å². The number of amides is 1. The Morgan fingerprint density at radius 3 is 2.88 bits per heavy atom. The molecule has 7 nitrogen and oxygen atoms in total. The van der Waals surface area contributed by atoms with Crippen LogP contribution in [0.5, 0.6) is 0 Å². The molecule has 3 atom stereocenters. The van der Waals surface area contributed by atoms with Crippen molar-refractivity contribution in [3.05, 3.63) is 48.5 Å². The number of benzene rings is 1. The number of morpholine rings is 1. The number of hydrogen-bond donors (Lipinski definition) is 1. The van der Waals surface area contributed by atoms with Crippen molar-refractivity contribution in [3.8, 4) is 0 Å².